The summed E-state index contributed by atoms with van der Waals surface area (Å²) >= 11 is 0. The molecule has 1 aromatic rings. The van der Waals surface area contributed by atoms with Crippen LogP contribution in [0.25, 0.3) is 0 Å². The average Bonchev–Trinajstić information content (AvgIpc) is 2.41. The van der Waals surface area contributed by atoms with Gasteiger partial charge >= 0.3 is 59.1 Å². The van der Waals surface area contributed by atoms with E-state index in [0.717, 1.165) is 10.9 Å². The summed E-state index contributed by atoms with van der Waals surface area (Å²) in [6.07, 6.45) is 0. The van der Waals surface area contributed by atoms with Crippen LogP contribution < -0.4 is 5.30 Å². The summed E-state index contributed by atoms with van der Waals surface area (Å²) in [6, 6.07) is 8.21. The van der Waals surface area contributed by atoms with Crippen LogP contribution in [-0.4, -0.2) is 71.3 Å². The molecule has 3 unspecified atom stereocenters. The molecule has 0 radical (unpaired) electrons. The normalized spacial score (nSPS) is 32.3. The number of benzene rings is 1. The summed E-state index contributed by atoms with van der Waals surface area (Å²) in [4.78, 5) is 11.4. The number of hydrogen-bond donors (Lipinski definition) is 0. The van der Waals surface area contributed by atoms with E-state index in [-0.39, 0.29) is 69.9 Å². The molecule has 3 atom stereocenters. The third-order valence-electron chi connectivity index (χ3n) is 4.66. The molecule has 22 heavy (non-hydrogen) atoms. The zero-order valence-corrected chi connectivity index (χ0v) is 14.0. The van der Waals surface area contributed by atoms with Crippen LogP contribution in [0, 0.1) is 10.8 Å². The first-order valence-electron chi connectivity index (χ1n) is 7.03. The van der Waals surface area contributed by atoms with Crippen molar-refractivity contribution in [2.75, 3.05) is 6.61 Å². The van der Waals surface area contributed by atoms with Gasteiger partial charge in [0.15, 0.2) is 5.60 Å². The SMILES string of the molecule is CC(C)(C)C12OOC1(c1cccc(P)c1)OCC2(C)C.[NaH].[NaH]. The molecule has 2 aliphatic heterocycles. The van der Waals surface area contributed by atoms with Gasteiger partial charge in [0.05, 0.1) is 6.61 Å². The second kappa shape index (κ2) is 6.68. The molecule has 114 valence electrons. The Morgan fingerprint density at radius 2 is 1.73 bits per heavy atom. The first kappa shape index (κ1) is 21.6. The molecule has 3 rings (SSSR count). The van der Waals surface area contributed by atoms with Crippen LogP contribution in [0.1, 0.15) is 40.2 Å². The van der Waals surface area contributed by atoms with Crippen LogP contribution in [0.5, 0.6) is 0 Å². The second-order valence-corrected chi connectivity index (χ2v) is 8.18. The monoisotopic (exact) mass is 342 g/mol. The van der Waals surface area contributed by atoms with Crippen LogP contribution >= 0.6 is 9.24 Å². The van der Waals surface area contributed by atoms with Gasteiger partial charge in [-0.05, 0) is 11.4 Å². The van der Waals surface area contributed by atoms with Crippen molar-refractivity contribution in [1.29, 1.82) is 0 Å². The zero-order chi connectivity index (χ0) is 14.8. The maximum absolute atomic E-state index is 6.17. The Hall–Kier alpha value is 1.53. The molecular weight excluding hydrogens is 317 g/mol. The van der Waals surface area contributed by atoms with Gasteiger partial charge in [0.25, 0.3) is 5.79 Å². The van der Waals surface area contributed by atoms with Crippen molar-refractivity contribution in [3.8, 4) is 0 Å². The molecule has 0 saturated carbocycles. The Morgan fingerprint density at radius 3 is 2.18 bits per heavy atom. The molecule has 0 N–H and O–H groups in total. The number of rotatable bonds is 1. The van der Waals surface area contributed by atoms with E-state index in [1.54, 1.807) is 0 Å². The van der Waals surface area contributed by atoms with Gasteiger partial charge in [-0.15, -0.1) is 9.24 Å². The van der Waals surface area contributed by atoms with Gasteiger partial charge in [0.2, 0.25) is 0 Å². The predicted octanol–water partition coefficient (Wildman–Crippen LogP) is 1.85. The van der Waals surface area contributed by atoms with E-state index in [4.69, 9.17) is 14.5 Å². The molecule has 0 aromatic heterocycles. The van der Waals surface area contributed by atoms with Crippen molar-refractivity contribution >= 4 is 73.7 Å². The molecule has 3 nitrogen and oxygen atoms in total. The first-order valence-corrected chi connectivity index (χ1v) is 7.61. The van der Waals surface area contributed by atoms with Crippen molar-refractivity contribution in [3.05, 3.63) is 29.8 Å². The Bertz CT molecular complexity index is 559. The van der Waals surface area contributed by atoms with Gasteiger partial charge in [-0.1, -0.05) is 52.8 Å². The van der Waals surface area contributed by atoms with Crippen molar-refractivity contribution in [1.82, 2.24) is 0 Å². The van der Waals surface area contributed by atoms with Crippen LogP contribution in [-0.2, 0) is 20.3 Å². The van der Waals surface area contributed by atoms with E-state index < -0.39 is 11.4 Å². The van der Waals surface area contributed by atoms with E-state index in [9.17, 15) is 0 Å². The molecule has 2 fully saturated rings. The second-order valence-electron chi connectivity index (χ2n) is 7.51. The van der Waals surface area contributed by atoms with E-state index in [1.165, 1.54) is 0 Å². The zero-order valence-electron chi connectivity index (χ0n) is 12.8. The van der Waals surface area contributed by atoms with Crippen molar-refractivity contribution in [3.63, 3.8) is 0 Å². The molecule has 2 heterocycles. The fraction of sp³-hybridized carbons (Fsp3) is 0.625. The minimum atomic E-state index is -0.804. The van der Waals surface area contributed by atoms with E-state index in [1.807, 2.05) is 12.1 Å². The standard InChI is InChI=1S/C16H23O3P.2Na.2H/c1-13(2,3)16-14(4,5)10-17-15(16,18-19-16)11-7-6-8-12(20)9-11;;;;/h6-9H,10,20H2,1-5H3;;;;. The quantitative estimate of drug-likeness (QED) is 0.443. The average molecular weight is 342 g/mol. The van der Waals surface area contributed by atoms with Gasteiger partial charge in [0.1, 0.15) is 0 Å². The maximum atomic E-state index is 6.17. The Kier molecular flexibility index (Phi) is 6.55. The summed E-state index contributed by atoms with van der Waals surface area (Å²) in [6.45, 7) is 11.5. The van der Waals surface area contributed by atoms with Crippen LogP contribution in [0.3, 0.4) is 0 Å². The van der Waals surface area contributed by atoms with E-state index >= 15 is 0 Å². The Balaban J connectivity index is 0.00000121. The molecule has 2 saturated heterocycles. The fourth-order valence-corrected chi connectivity index (χ4v) is 4.27. The number of ether oxygens (including phenoxy) is 1. The molecule has 1 aromatic carbocycles. The molecule has 0 bridgehead atoms. The molecule has 6 heteroatoms. The fourth-order valence-electron chi connectivity index (χ4n) is 3.98. The van der Waals surface area contributed by atoms with E-state index in [2.05, 4.69) is 56.0 Å². The Morgan fingerprint density at radius 1 is 1.09 bits per heavy atom. The minimum absolute atomic E-state index is 0. The molecule has 0 aliphatic carbocycles. The summed E-state index contributed by atoms with van der Waals surface area (Å²) in [5, 5.41) is 1.11. The van der Waals surface area contributed by atoms with Crippen molar-refractivity contribution in [2.45, 2.75) is 46.0 Å². The molecule has 0 spiro atoms. The van der Waals surface area contributed by atoms with Gasteiger partial charge in [-0.2, -0.15) is 4.89 Å². The summed E-state index contributed by atoms with van der Waals surface area (Å²) in [5.74, 6) is -0.804. The van der Waals surface area contributed by atoms with Crippen molar-refractivity contribution in [2.24, 2.45) is 10.8 Å². The summed E-state index contributed by atoms with van der Waals surface area (Å²) in [7, 11) is 2.72. The third kappa shape index (κ3) is 2.65. The van der Waals surface area contributed by atoms with Crippen LogP contribution in [0.4, 0.5) is 0 Å². The van der Waals surface area contributed by atoms with Gasteiger partial charge < -0.3 is 4.74 Å². The Labute approximate surface area is 179 Å². The summed E-state index contributed by atoms with van der Waals surface area (Å²) < 4.78 is 6.17. The van der Waals surface area contributed by atoms with Gasteiger partial charge in [-0.3, -0.25) is 0 Å². The van der Waals surface area contributed by atoms with Crippen LogP contribution in [0.15, 0.2) is 24.3 Å². The topological polar surface area (TPSA) is 27.7 Å². The summed E-state index contributed by atoms with van der Waals surface area (Å²) in [5.41, 5.74) is 0.297. The van der Waals surface area contributed by atoms with Gasteiger partial charge in [-0.25, -0.2) is 4.89 Å². The first-order chi connectivity index (χ1) is 9.16. The third-order valence-corrected chi connectivity index (χ3v) is 5.02. The predicted molar refractivity (Wildman–Crippen MR) is 95.9 cm³/mol. The molecule has 2 aliphatic rings. The van der Waals surface area contributed by atoms with Gasteiger partial charge in [0, 0.05) is 16.4 Å². The molecule has 0 amide bonds. The molecular formula is C16H25Na2O3P. The number of hydrogen-bond acceptors (Lipinski definition) is 3. The van der Waals surface area contributed by atoms with E-state index in [0.29, 0.717) is 6.61 Å². The van der Waals surface area contributed by atoms with Crippen LogP contribution in [0.2, 0.25) is 0 Å². The van der Waals surface area contributed by atoms with Crippen molar-refractivity contribution < 1.29 is 14.5 Å². The number of fused-ring (bicyclic) bond motifs is 1.